The molecule has 0 aliphatic rings. The molecule has 0 atom stereocenters. The van der Waals surface area contributed by atoms with E-state index >= 15 is 0 Å². The standard InChI is InChI=1S/C17H13Cl2N3O/c18-14-6-2-1-5-12(14)10-22-17(23)13(9-20)11-21-16-8-4-3-7-15(16)19/h1-8,11,21H,10H2,(H,22,23)/b13-11-. The number of hydrogen-bond acceptors (Lipinski definition) is 3. The molecule has 2 aromatic rings. The molecular weight excluding hydrogens is 333 g/mol. The maximum absolute atomic E-state index is 12.0. The van der Waals surface area contributed by atoms with Crippen molar-refractivity contribution in [1.29, 1.82) is 5.26 Å². The van der Waals surface area contributed by atoms with Gasteiger partial charge in [-0.15, -0.1) is 0 Å². The van der Waals surface area contributed by atoms with Crippen LogP contribution in [0.25, 0.3) is 0 Å². The third kappa shape index (κ3) is 4.75. The molecule has 116 valence electrons. The molecule has 0 aromatic heterocycles. The van der Waals surface area contributed by atoms with Crippen LogP contribution in [0.1, 0.15) is 5.56 Å². The Kier molecular flexibility index (Phi) is 6.04. The van der Waals surface area contributed by atoms with Crippen LogP contribution in [0.2, 0.25) is 10.0 Å². The van der Waals surface area contributed by atoms with Crippen molar-refractivity contribution in [2.24, 2.45) is 0 Å². The van der Waals surface area contributed by atoms with E-state index in [9.17, 15) is 4.79 Å². The van der Waals surface area contributed by atoms with Gasteiger partial charge in [0.15, 0.2) is 0 Å². The molecule has 4 nitrogen and oxygen atoms in total. The minimum atomic E-state index is -0.494. The lowest BCUT2D eigenvalue weighted by Gasteiger charge is -2.07. The second-order valence-electron chi connectivity index (χ2n) is 4.57. The van der Waals surface area contributed by atoms with Crippen LogP contribution >= 0.6 is 23.2 Å². The van der Waals surface area contributed by atoms with Gasteiger partial charge in [-0.25, -0.2) is 0 Å². The first kappa shape index (κ1) is 16.9. The molecule has 6 heteroatoms. The zero-order valence-corrected chi connectivity index (χ0v) is 13.5. The highest BCUT2D eigenvalue weighted by Gasteiger charge is 2.09. The first-order valence-corrected chi connectivity index (χ1v) is 7.50. The molecule has 0 fully saturated rings. The van der Waals surface area contributed by atoms with Crippen molar-refractivity contribution in [3.05, 3.63) is 75.9 Å². The number of carbonyl (C=O) groups is 1. The average Bonchev–Trinajstić information content (AvgIpc) is 2.56. The zero-order valence-electron chi connectivity index (χ0n) is 12.0. The molecule has 0 unspecified atom stereocenters. The SMILES string of the molecule is N#C/C(=C/Nc1ccccc1Cl)C(=O)NCc1ccccc1Cl. The molecule has 0 spiro atoms. The Balaban J connectivity index is 2.01. The van der Waals surface area contributed by atoms with Gasteiger partial charge >= 0.3 is 0 Å². The van der Waals surface area contributed by atoms with E-state index in [2.05, 4.69) is 10.6 Å². The number of para-hydroxylation sites is 1. The second kappa shape index (κ2) is 8.23. The van der Waals surface area contributed by atoms with Crippen molar-refractivity contribution in [2.75, 3.05) is 5.32 Å². The zero-order chi connectivity index (χ0) is 16.7. The number of halogens is 2. The lowest BCUT2D eigenvalue weighted by Crippen LogP contribution is -2.24. The van der Waals surface area contributed by atoms with Crippen molar-refractivity contribution in [1.82, 2.24) is 5.32 Å². The molecule has 0 heterocycles. The Morgan fingerprint density at radius 3 is 2.39 bits per heavy atom. The predicted octanol–water partition coefficient (Wildman–Crippen LogP) is 4.13. The minimum Gasteiger partial charge on any atom is -0.359 e. The summed E-state index contributed by atoms with van der Waals surface area (Å²) in [7, 11) is 0. The van der Waals surface area contributed by atoms with Crippen LogP contribution in [0.4, 0.5) is 5.69 Å². The number of hydrogen-bond donors (Lipinski definition) is 2. The predicted molar refractivity (Wildman–Crippen MR) is 92.1 cm³/mol. The lowest BCUT2D eigenvalue weighted by molar-refractivity contribution is -0.117. The summed E-state index contributed by atoms with van der Waals surface area (Å²) in [5.74, 6) is -0.494. The van der Waals surface area contributed by atoms with Gasteiger partial charge in [-0.2, -0.15) is 5.26 Å². The summed E-state index contributed by atoms with van der Waals surface area (Å²) in [4.78, 5) is 12.0. The molecule has 0 aliphatic heterocycles. The van der Waals surface area contributed by atoms with Crippen molar-refractivity contribution in [3.8, 4) is 6.07 Å². The first-order valence-electron chi connectivity index (χ1n) is 6.74. The van der Waals surface area contributed by atoms with Crippen LogP contribution in [0, 0.1) is 11.3 Å². The van der Waals surface area contributed by atoms with E-state index < -0.39 is 5.91 Å². The normalized spacial score (nSPS) is 10.7. The van der Waals surface area contributed by atoms with Gasteiger partial charge in [0.25, 0.3) is 5.91 Å². The number of nitriles is 1. The van der Waals surface area contributed by atoms with Crippen molar-refractivity contribution < 1.29 is 4.79 Å². The Hall–Kier alpha value is -2.48. The van der Waals surface area contributed by atoms with Gasteiger partial charge in [-0.1, -0.05) is 53.5 Å². The molecule has 2 aromatic carbocycles. The molecule has 1 amide bonds. The van der Waals surface area contributed by atoms with E-state index in [0.717, 1.165) is 5.56 Å². The fraction of sp³-hybridized carbons (Fsp3) is 0.0588. The summed E-state index contributed by atoms with van der Waals surface area (Å²) < 4.78 is 0. The van der Waals surface area contributed by atoms with E-state index in [4.69, 9.17) is 28.5 Å². The highest BCUT2D eigenvalue weighted by molar-refractivity contribution is 6.33. The van der Waals surface area contributed by atoms with Gasteiger partial charge in [-0.05, 0) is 23.8 Å². The van der Waals surface area contributed by atoms with E-state index in [0.29, 0.717) is 15.7 Å². The number of rotatable bonds is 5. The van der Waals surface area contributed by atoms with Gasteiger partial charge in [-0.3, -0.25) is 4.79 Å². The third-order valence-electron chi connectivity index (χ3n) is 3.01. The molecule has 0 saturated heterocycles. The molecular formula is C17H13Cl2N3O. The molecule has 2 rings (SSSR count). The fourth-order valence-corrected chi connectivity index (χ4v) is 2.18. The van der Waals surface area contributed by atoms with Crippen LogP contribution in [0.3, 0.4) is 0 Å². The van der Waals surface area contributed by atoms with E-state index in [-0.39, 0.29) is 12.1 Å². The number of anilines is 1. The number of benzene rings is 2. The number of nitrogens with one attached hydrogen (secondary N) is 2. The largest absolute Gasteiger partial charge is 0.359 e. The smallest absolute Gasteiger partial charge is 0.263 e. The van der Waals surface area contributed by atoms with Crippen LogP contribution < -0.4 is 10.6 Å². The summed E-state index contributed by atoms with van der Waals surface area (Å²) in [6.07, 6.45) is 1.32. The van der Waals surface area contributed by atoms with Gasteiger partial charge in [0.1, 0.15) is 11.6 Å². The van der Waals surface area contributed by atoms with Crippen molar-refractivity contribution >= 4 is 34.8 Å². The summed E-state index contributed by atoms with van der Waals surface area (Å²) in [6.45, 7) is 0.240. The Bertz CT molecular complexity index is 781. The highest BCUT2D eigenvalue weighted by Crippen LogP contribution is 2.20. The molecule has 2 N–H and O–H groups in total. The van der Waals surface area contributed by atoms with Crippen LogP contribution in [0.15, 0.2) is 60.3 Å². The molecule has 0 aliphatic carbocycles. The molecule has 0 bridgehead atoms. The van der Waals surface area contributed by atoms with E-state index in [1.165, 1.54) is 6.20 Å². The number of carbonyl (C=O) groups excluding carboxylic acids is 1. The van der Waals surface area contributed by atoms with Gasteiger partial charge in [0.2, 0.25) is 0 Å². The maximum Gasteiger partial charge on any atom is 0.263 e. The van der Waals surface area contributed by atoms with Crippen LogP contribution in [-0.4, -0.2) is 5.91 Å². The lowest BCUT2D eigenvalue weighted by atomic mass is 10.2. The van der Waals surface area contributed by atoms with Crippen molar-refractivity contribution in [3.63, 3.8) is 0 Å². The Labute approximate surface area is 144 Å². The summed E-state index contributed by atoms with van der Waals surface area (Å²) in [5, 5.41) is 15.7. The van der Waals surface area contributed by atoms with Gasteiger partial charge < -0.3 is 10.6 Å². The summed E-state index contributed by atoms with van der Waals surface area (Å²) in [5.41, 5.74) is 1.33. The van der Waals surface area contributed by atoms with Gasteiger partial charge in [0, 0.05) is 17.8 Å². The average molecular weight is 346 g/mol. The second-order valence-corrected chi connectivity index (χ2v) is 5.38. The molecule has 0 radical (unpaired) electrons. The first-order chi connectivity index (χ1) is 11.1. The van der Waals surface area contributed by atoms with Crippen LogP contribution in [-0.2, 0) is 11.3 Å². The monoisotopic (exact) mass is 345 g/mol. The Morgan fingerprint density at radius 2 is 1.74 bits per heavy atom. The van der Waals surface area contributed by atoms with Gasteiger partial charge in [0.05, 0.1) is 10.7 Å². The van der Waals surface area contributed by atoms with Crippen LogP contribution in [0.5, 0.6) is 0 Å². The minimum absolute atomic E-state index is 0.0584. The fourth-order valence-electron chi connectivity index (χ4n) is 1.79. The quantitative estimate of drug-likeness (QED) is 0.632. The van der Waals surface area contributed by atoms with E-state index in [1.807, 2.05) is 18.2 Å². The molecule has 0 saturated carbocycles. The number of amides is 1. The highest BCUT2D eigenvalue weighted by atomic mass is 35.5. The molecule has 23 heavy (non-hydrogen) atoms. The summed E-state index contributed by atoms with van der Waals surface area (Å²) in [6, 6.07) is 16.1. The van der Waals surface area contributed by atoms with E-state index in [1.54, 1.807) is 36.4 Å². The Morgan fingerprint density at radius 1 is 1.09 bits per heavy atom. The number of nitrogens with zero attached hydrogens (tertiary/aromatic N) is 1. The topological polar surface area (TPSA) is 64.9 Å². The summed E-state index contributed by atoms with van der Waals surface area (Å²) >= 11 is 12.0. The van der Waals surface area contributed by atoms with Crippen molar-refractivity contribution in [2.45, 2.75) is 6.54 Å². The maximum atomic E-state index is 12.0. The third-order valence-corrected chi connectivity index (χ3v) is 3.71.